The fourth-order valence-electron chi connectivity index (χ4n) is 3.03. The maximum atomic E-state index is 11.5. The van der Waals surface area contributed by atoms with Gasteiger partial charge in [0.25, 0.3) is 0 Å². The normalized spacial score (nSPS) is 32.2. The molecule has 2 aliphatic rings. The molecule has 1 heterocycles. The molecule has 1 N–H and O–H groups in total. The SMILES string of the molecule is O=C1CCCC1CCN1CCCC(CO)C1. The number of hydrogen-bond acceptors (Lipinski definition) is 3. The number of carbonyl (C=O) groups excluding carboxylic acids is 1. The van der Waals surface area contributed by atoms with E-state index in [0.717, 1.165) is 51.7 Å². The molecule has 0 aromatic heterocycles. The maximum Gasteiger partial charge on any atom is 0.136 e. The van der Waals surface area contributed by atoms with Gasteiger partial charge in [0.1, 0.15) is 5.78 Å². The Hall–Kier alpha value is -0.410. The Kier molecular flexibility index (Phi) is 4.36. The number of aliphatic hydroxyl groups is 1. The maximum absolute atomic E-state index is 11.5. The Balaban J connectivity index is 1.70. The second-order valence-corrected chi connectivity index (χ2v) is 5.34. The van der Waals surface area contributed by atoms with Gasteiger partial charge >= 0.3 is 0 Å². The largest absolute Gasteiger partial charge is 0.396 e. The molecule has 0 aromatic rings. The molecule has 0 amide bonds. The third-order valence-electron chi connectivity index (χ3n) is 4.09. The first-order chi connectivity index (χ1) is 7.79. The van der Waals surface area contributed by atoms with E-state index in [4.69, 9.17) is 5.11 Å². The Labute approximate surface area is 97.8 Å². The summed E-state index contributed by atoms with van der Waals surface area (Å²) >= 11 is 0. The second kappa shape index (κ2) is 5.78. The van der Waals surface area contributed by atoms with E-state index in [1.807, 2.05) is 0 Å². The minimum atomic E-state index is 0.318. The zero-order chi connectivity index (χ0) is 11.4. The van der Waals surface area contributed by atoms with Crippen molar-refractivity contribution in [1.29, 1.82) is 0 Å². The van der Waals surface area contributed by atoms with Gasteiger partial charge in [-0.25, -0.2) is 0 Å². The predicted molar refractivity (Wildman–Crippen MR) is 63.2 cm³/mol. The van der Waals surface area contributed by atoms with Gasteiger partial charge in [0.15, 0.2) is 0 Å². The number of piperidine rings is 1. The van der Waals surface area contributed by atoms with Crippen molar-refractivity contribution in [3.05, 3.63) is 0 Å². The van der Waals surface area contributed by atoms with Crippen molar-refractivity contribution in [2.75, 3.05) is 26.2 Å². The van der Waals surface area contributed by atoms with Crippen LogP contribution in [-0.4, -0.2) is 42.0 Å². The molecule has 2 rings (SSSR count). The molecule has 1 aliphatic carbocycles. The highest BCUT2D eigenvalue weighted by molar-refractivity contribution is 5.82. The molecule has 0 bridgehead atoms. The molecular weight excluding hydrogens is 202 g/mol. The first-order valence-electron chi connectivity index (χ1n) is 6.65. The number of Topliss-reactive ketones (excluding diaryl/α,β-unsaturated/α-hetero) is 1. The zero-order valence-electron chi connectivity index (χ0n) is 10.0. The number of carbonyl (C=O) groups is 1. The monoisotopic (exact) mass is 225 g/mol. The molecule has 3 heteroatoms. The molecule has 2 unspecified atom stereocenters. The van der Waals surface area contributed by atoms with Crippen molar-refractivity contribution in [2.24, 2.45) is 11.8 Å². The van der Waals surface area contributed by atoms with E-state index in [2.05, 4.69) is 4.90 Å². The highest BCUT2D eigenvalue weighted by atomic mass is 16.3. The van der Waals surface area contributed by atoms with E-state index in [1.54, 1.807) is 0 Å². The molecule has 1 saturated carbocycles. The number of ketones is 1. The summed E-state index contributed by atoms with van der Waals surface area (Å²) in [5.41, 5.74) is 0. The fourth-order valence-corrected chi connectivity index (χ4v) is 3.03. The lowest BCUT2D eigenvalue weighted by Gasteiger charge is -2.32. The van der Waals surface area contributed by atoms with Gasteiger partial charge in [-0.3, -0.25) is 4.79 Å². The lowest BCUT2D eigenvalue weighted by molar-refractivity contribution is -0.120. The smallest absolute Gasteiger partial charge is 0.136 e. The van der Waals surface area contributed by atoms with E-state index in [1.165, 1.54) is 6.42 Å². The van der Waals surface area contributed by atoms with Crippen LogP contribution in [-0.2, 0) is 4.79 Å². The summed E-state index contributed by atoms with van der Waals surface area (Å²) in [5, 5.41) is 9.15. The first-order valence-corrected chi connectivity index (χ1v) is 6.65. The minimum Gasteiger partial charge on any atom is -0.396 e. The van der Waals surface area contributed by atoms with Crippen molar-refractivity contribution in [2.45, 2.75) is 38.5 Å². The molecule has 0 aromatic carbocycles. The molecular formula is C13H23NO2. The zero-order valence-corrected chi connectivity index (χ0v) is 10.0. The average molecular weight is 225 g/mol. The van der Waals surface area contributed by atoms with Gasteiger partial charge in [-0.1, -0.05) is 0 Å². The number of rotatable bonds is 4. The van der Waals surface area contributed by atoms with Crippen LogP contribution in [0.15, 0.2) is 0 Å². The topological polar surface area (TPSA) is 40.5 Å². The summed E-state index contributed by atoms with van der Waals surface area (Å²) < 4.78 is 0. The summed E-state index contributed by atoms with van der Waals surface area (Å²) in [7, 11) is 0. The Morgan fingerprint density at radius 2 is 2.19 bits per heavy atom. The van der Waals surface area contributed by atoms with Crippen LogP contribution in [0.25, 0.3) is 0 Å². The van der Waals surface area contributed by atoms with Gasteiger partial charge in [-0.05, 0) is 51.1 Å². The molecule has 1 saturated heterocycles. The lowest BCUT2D eigenvalue weighted by atomic mass is 9.97. The molecule has 2 fully saturated rings. The second-order valence-electron chi connectivity index (χ2n) is 5.34. The van der Waals surface area contributed by atoms with E-state index in [9.17, 15) is 4.79 Å². The highest BCUT2D eigenvalue weighted by Crippen LogP contribution is 2.25. The van der Waals surface area contributed by atoms with Gasteiger partial charge in [0.05, 0.1) is 0 Å². The number of nitrogens with zero attached hydrogens (tertiary/aromatic N) is 1. The van der Waals surface area contributed by atoms with E-state index >= 15 is 0 Å². The molecule has 92 valence electrons. The number of hydrogen-bond donors (Lipinski definition) is 1. The van der Waals surface area contributed by atoms with Gasteiger partial charge < -0.3 is 10.0 Å². The first kappa shape index (κ1) is 12.1. The number of likely N-dealkylation sites (tertiary alicyclic amines) is 1. The van der Waals surface area contributed by atoms with Gasteiger partial charge in [0, 0.05) is 25.5 Å². The predicted octanol–water partition coefficient (Wildman–Crippen LogP) is 1.45. The fraction of sp³-hybridized carbons (Fsp3) is 0.923. The van der Waals surface area contributed by atoms with Crippen LogP contribution >= 0.6 is 0 Å². The molecule has 3 nitrogen and oxygen atoms in total. The van der Waals surface area contributed by atoms with Crippen molar-refractivity contribution in [3.63, 3.8) is 0 Å². The van der Waals surface area contributed by atoms with Crippen LogP contribution in [0.1, 0.15) is 38.5 Å². The molecule has 16 heavy (non-hydrogen) atoms. The van der Waals surface area contributed by atoms with Gasteiger partial charge in [0.2, 0.25) is 0 Å². The van der Waals surface area contributed by atoms with Crippen molar-refractivity contribution < 1.29 is 9.90 Å². The molecule has 1 aliphatic heterocycles. The van der Waals surface area contributed by atoms with Crippen LogP contribution in [0, 0.1) is 11.8 Å². The average Bonchev–Trinajstić information content (AvgIpc) is 2.72. The third kappa shape index (κ3) is 3.05. The standard InChI is InChI=1S/C13H23NO2/c15-10-11-3-2-7-14(9-11)8-6-12-4-1-5-13(12)16/h11-12,15H,1-10H2. The summed E-state index contributed by atoms with van der Waals surface area (Å²) in [5.74, 6) is 1.29. The quantitative estimate of drug-likeness (QED) is 0.787. The molecule has 2 atom stereocenters. The van der Waals surface area contributed by atoms with Crippen LogP contribution in [0.4, 0.5) is 0 Å². The van der Waals surface area contributed by atoms with Gasteiger partial charge in [-0.15, -0.1) is 0 Å². The molecule has 0 spiro atoms. The van der Waals surface area contributed by atoms with Crippen molar-refractivity contribution in [1.82, 2.24) is 4.90 Å². The lowest BCUT2D eigenvalue weighted by Crippen LogP contribution is -2.38. The van der Waals surface area contributed by atoms with E-state index < -0.39 is 0 Å². The number of aliphatic hydroxyl groups excluding tert-OH is 1. The van der Waals surface area contributed by atoms with Gasteiger partial charge in [-0.2, -0.15) is 0 Å². The van der Waals surface area contributed by atoms with Crippen LogP contribution in [0.2, 0.25) is 0 Å². The summed E-state index contributed by atoms with van der Waals surface area (Å²) in [6, 6.07) is 0. The van der Waals surface area contributed by atoms with Crippen molar-refractivity contribution >= 4 is 5.78 Å². The Morgan fingerprint density at radius 3 is 2.88 bits per heavy atom. The van der Waals surface area contributed by atoms with E-state index in [0.29, 0.717) is 24.2 Å². The summed E-state index contributed by atoms with van der Waals surface area (Å²) in [6.45, 7) is 3.54. The minimum absolute atomic E-state index is 0.318. The van der Waals surface area contributed by atoms with Crippen molar-refractivity contribution in [3.8, 4) is 0 Å². The summed E-state index contributed by atoms with van der Waals surface area (Å²) in [6.07, 6.45) is 6.42. The molecule has 0 radical (unpaired) electrons. The third-order valence-corrected chi connectivity index (χ3v) is 4.09. The Bertz CT molecular complexity index is 242. The van der Waals surface area contributed by atoms with Crippen LogP contribution in [0.3, 0.4) is 0 Å². The van der Waals surface area contributed by atoms with Crippen LogP contribution in [0.5, 0.6) is 0 Å². The summed E-state index contributed by atoms with van der Waals surface area (Å²) in [4.78, 5) is 13.9. The Morgan fingerprint density at radius 1 is 1.31 bits per heavy atom. The highest BCUT2D eigenvalue weighted by Gasteiger charge is 2.26. The van der Waals surface area contributed by atoms with E-state index in [-0.39, 0.29) is 0 Å². The van der Waals surface area contributed by atoms with Crippen LogP contribution < -0.4 is 0 Å².